The lowest BCUT2D eigenvalue weighted by atomic mass is 10.2. The van der Waals surface area contributed by atoms with Crippen LogP contribution in [0.3, 0.4) is 0 Å². The predicted octanol–water partition coefficient (Wildman–Crippen LogP) is 2.85. The van der Waals surface area contributed by atoms with E-state index >= 15 is 0 Å². The molecule has 108 valence electrons. The third-order valence-corrected chi connectivity index (χ3v) is 3.57. The van der Waals surface area contributed by atoms with Crippen LogP contribution in [0.4, 0.5) is 0 Å². The van der Waals surface area contributed by atoms with Crippen molar-refractivity contribution in [2.24, 2.45) is 0 Å². The van der Waals surface area contributed by atoms with E-state index in [2.05, 4.69) is 10.3 Å². The smallest absolute Gasteiger partial charge is 0.231 e. The molecule has 0 unspecified atom stereocenters. The van der Waals surface area contributed by atoms with Gasteiger partial charge in [0.2, 0.25) is 12.7 Å². The van der Waals surface area contributed by atoms with E-state index in [4.69, 9.17) is 14.2 Å². The van der Waals surface area contributed by atoms with Gasteiger partial charge in [-0.1, -0.05) is 6.07 Å². The molecule has 1 aromatic heterocycles. The minimum Gasteiger partial charge on any atom is -0.454 e. The summed E-state index contributed by atoms with van der Waals surface area (Å²) >= 11 is 0. The molecule has 1 aliphatic heterocycles. The van der Waals surface area contributed by atoms with Gasteiger partial charge in [0.25, 0.3) is 0 Å². The molecular weight excluding hydrogens is 268 g/mol. The Kier molecular flexibility index (Phi) is 3.12. The van der Waals surface area contributed by atoms with Crippen LogP contribution in [0.1, 0.15) is 18.4 Å². The van der Waals surface area contributed by atoms with Crippen molar-refractivity contribution in [2.75, 3.05) is 6.79 Å². The molecule has 1 N–H and O–H groups in total. The normalized spacial score (nSPS) is 16.0. The van der Waals surface area contributed by atoms with Gasteiger partial charge in [-0.3, -0.25) is 0 Å². The number of nitrogens with one attached hydrogen (secondary N) is 1. The minimum atomic E-state index is 0.263. The van der Waals surface area contributed by atoms with E-state index in [-0.39, 0.29) is 6.79 Å². The molecule has 0 amide bonds. The van der Waals surface area contributed by atoms with Gasteiger partial charge < -0.3 is 19.5 Å². The second kappa shape index (κ2) is 5.26. The van der Waals surface area contributed by atoms with Crippen LogP contribution in [0.15, 0.2) is 36.5 Å². The molecule has 2 aromatic rings. The van der Waals surface area contributed by atoms with E-state index in [0.717, 1.165) is 17.9 Å². The highest BCUT2D eigenvalue weighted by Gasteiger charge is 2.21. The lowest BCUT2D eigenvalue weighted by Crippen LogP contribution is -2.16. The number of nitrogens with zero attached hydrogens (tertiary/aromatic N) is 1. The summed E-state index contributed by atoms with van der Waals surface area (Å²) in [6.07, 6.45) is 4.26. The molecule has 21 heavy (non-hydrogen) atoms. The van der Waals surface area contributed by atoms with Crippen LogP contribution >= 0.6 is 0 Å². The molecule has 0 spiro atoms. The first-order chi connectivity index (χ1) is 10.4. The fourth-order valence-corrected chi connectivity index (χ4v) is 2.24. The van der Waals surface area contributed by atoms with Gasteiger partial charge in [0.05, 0.1) is 0 Å². The molecule has 5 nitrogen and oxygen atoms in total. The average Bonchev–Trinajstić information content (AvgIpc) is 3.22. The fourth-order valence-electron chi connectivity index (χ4n) is 2.24. The Balaban J connectivity index is 1.53. The topological polar surface area (TPSA) is 52.6 Å². The van der Waals surface area contributed by atoms with E-state index in [1.165, 1.54) is 12.8 Å². The standard InChI is InChI=1S/C16H16N2O3/c1-2-11(9-18-12-3-4-12)16(17-7-1)21-13-5-6-14-15(8-13)20-10-19-14/h1-2,5-8,12,18H,3-4,9-10H2. The van der Waals surface area contributed by atoms with Gasteiger partial charge in [-0.25, -0.2) is 4.98 Å². The van der Waals surface area contributed by atoms with E-state index < -0.39 is 0 Å². The molecule has 5 heteroatoms. The van der Waals surface area contributed by atoms with Gasteiger partial charge >= 0.3 is 0 Å². The number of rotatable bonds is 5. The van der Waals surface area contributed by atoms with Gasteiger partial charge in [0, 0.05) is 30.4 Å². The maximum atomic E-state index is 5.90. The Labute approximate surface area is 122 Å². The number of benzene rings is 1. The zero-order valence-corrected chi connectivity index (χ0v) is 11.5. The van der Waals surface area contributed by atoms with Crippen LogP contribution in [0.5, 0.6) is 23.1 Å². The van der Waals surface area contributed by atoms with Crippen LogP contribution in [0, 0.1) is 0 Å². The number of fused-ring (bicyclic) bond motifs is 1. The van der Waals surface area contributed by atoms with Gasteiger partial charge in [0.1, 0.15) is 5.75 Å². The first-order valence-electron chi connectivity index (χ1n) is 7.13. The molecule has 1 saturated carbocycles. The van der Waals surface area contributed by atoms with Crippen LogP contribution in [0.2, 0.25) is 0 Å². The predicted molar refractivity (Wildman–Crippen MR) is 76.7 cm³/mol. The van der Waals surface area contributed by atoms with Crippen molar-refractivity contribution in [1.29, 1.82) is 0 Å². The second-order valence-electron chi connectivity index (χ2n) is 5.24. The minimum absolute atomic E-state index is 0.263. The van der Waals surface area contributed by atoms with Crippen LogP contribution in [-0.2, 0) is 6.54 Å². The highest BCUT2D eigenvalue weighted by atomic mass is 16.7. The number of hydrogen-bond donors (Lipinski definition) is 1. The molecule has 1 aromatic carbocycles. The summed E-state index contributed by atoms with van der Waals surface area (Å²) in [6, 6.07) is 10.2. The van der Waals surface area contributed by atoms with Gasteiger partial charge in [0.15, 0.2) is 11.5 Å². The maximum absolute atomic E-state index is 5.90. The van der Waals surface area contributed by atoms with Crippen molar-refractivity contribution in [3.8, 4) is 23.1 Å². The maximum Gasteiger partial charge on any atom is 0.231 e. The SMILES string of the molecule is c1cnc(Oc2ccc3c(c2)OCO3)c(CNC2CC2)c1. The summed E-state index contributed by atoms with van der Waals surface area (Å²) in [5.41, 5.74) is 1.06. The first kappa shape index (κ1) is 12.5. The van der Waals surface area contributed by atoms with Gasteiger partial charge in [-0.2, -0.15) is 0 Å². The molecule has 0 saturated heterocycles. The van der Waals surface area contributed by atoms with Crippen molar-refractivity contribution in [3.63, 3.8) is 0 Å². The molecule has 1 aliphatic carbocycles. The third kappa shape index (κ3) is 2.78. The summed E-state index contributed by atoms with van der Waals surface area (Å²) in [4.78, 5) is 4.33. The summed E-state index contributed by atoms with van der Waals surface area (Å²) in [5, 5.41) is 3.48. The highest BCUT2D eigenvalue weighted by molar-refractivity contribution is 5.48. The Morgan fingerprint density at radius 1 is 1.19 bits per heavy atom. The Morgan fingerprint density at radius 3 is 3.00 bits per heavy atom. The third-order valence-electron chi connectivity index (χ3n) is 3.57. The van der Waals surface area contributed by atoms with E-state index in [1.54, 1.807) is 6.20 Å². The van der Waals surface area contributed by atoms with Crippen molar-refractivity contribution in [3.05, 3.63) is 42.1 Å². The zero-order chi connectivity index (χ0) is 14.1. The molecule has 2 heterocycles. The van der Waals surface area contributed by atoms with E-state index in [0.29, 0.717) is 23.4 Å². The number of ether oxygens (including phenoxy) is 3. The fraction of sp³-hybridized carbons (Fsp3) is 0.312. The van der Waals surface area contributed by atoms with Crippen molar-refractivity contribution < 1.29 is 14.2 Å². The monoisotopic (exact) mass is 284 g/mol. The largest absolute Gasteiger partial charge is 0.454 e. The number of pyridine rings is 1. The highest BCUT2D eigenvalue weighted by Crippen LogP contribution is 2.36. The molecule has 0 atom stereocenters. The average molecular weight is 284 g/mol. The van der Waals surface area contributed by atoms with Crippen LogP contribution in [-0.4, -0.2) is 17.8 Å². The Morgan fingerprint density at radius 2 is 2.10 bits per heavy atom. The lowest BCUT2D eigenvalue weighted by Gasteiger charge is -2.10. The summed E-state index contributed by atoms with van der Waals surface area (Å²) in [7, 11) is 0. The zero-order valence-electron chi connectivity index (χ0n) is 11.5. The number of aromatic nitrogens is 1. The summed E-state index contributed by atoms with van der Waals surface area (Å²) < 4.78 is 16.6. The Bertz CT molecular complexity index is 656. The second-order valence-corrected chi connectivity index (χ2v) is 5.24. The Hall–Kier alpha value is -2.27. The molecule has 2 aliphatic rings. The van der Waals surface area contributed by atoms with Gasteiger partial charge in [-0.05, 0) is 31.0 Å². The quantitative estimate of drug-likeness (QED) is 0.915. The molecular formula is C16H16N2O3. The van der Waals surface area contributed by atoms with Crippen LogP contribution < -0.4 is 19.5 Å². The molecule has 0 bridgehead atoms. The van der Waals surface area contributed by atoms with E-state index in [1.807, 2.05) is 30.3 Å². The van der Waals surface area contributed by atoms with Crippen molar-refractivity contribution >= 4 is 0 Å². The van der Waals surface area contributed by atoms with Gasteiger partial charge in [-0.15, -0.1) is 0 Å². The van der Waals surface area contributed by atoms with E-state index in [9.17, 15) is 0 Å². The molecule has 1 fully saturated rings. The lowest BCUT2D eigenvalue weighted by molar-refractivity contribution is 0.174. The first-order valence-corrected chi connectivity index (χ1v) is 7.13. The summed E-state index contributed by atoms with van der Waals surface area (Å²) in [5.74, 6) is 2.79. The molecule has 0 radical (unpaired) electrons. The van der Waals surface area contributed by atoms with Crippen LogP contribution in [0.25, 0.3) is 0 Å². The summed E-state index contributed by atoms with van der Waals surface area (Å²) in [6.45, 7) is 1.04. The number of hydrogen-bond acceptors (Lipinski definition) is 5. The van der Waals surface area contributed by atoms with Crippen molar-refractivity contribution in [2.45, 2.75) is 25.4 Å². The molecule has 4 rings (SSSR count). The van der Waals surface area contributed by atoms with Crippen molar-refractivity contribution in [1.82, 2.24) is 10.3 Å².